The van der Waals surface area contributed by atoms with Crippen LogP contribution in [0.3, 0.4) is 0 Å². The molecule has 0 spiro atoms. The normalized spacial score (nSPS) is 20.8. The van der Waals surface area contributed by atoms with E-state index in [1.807, 2.05) is 6.92 Å². The van der Waals surface area contributed by atoms with Gasteiger partial charge < -0.3 is 5.32 Å². The number of rotatable bonds is 6. The molecule has 1 aliphatic rings. The molecule has 1 amide bonds. The van der Waals surface area contributed by atoms with E-state index in [1.165, 1.54) is 24.4 Å². The molecule has 156 valence electrons. The molecule has 0 unspecified atom stereocenters. The van der Waals surface area contributed by atoms with Crippen LogP contribution in [0.15, 0.2) is 52.1 Å². The van der Waals surface area contributed by atoms with Crippen LogP contribution in [0.1, 0.15) is 44.2 Å². The van der Waals surface area contributed by atoms with Gasteiger partial charge in [0.2, 0.25) is 15.9 Å². The Hall–Kier alpha value is -1.84. The van der Waals surface area contributed by atoms with Crippen molar-refractivity contribution < 1.29 is 17.6 Å². The van der Waals surface area contributed by atoms with E-state index in [9.17, 15) is 17.6 Å². The van der Waals surface area contributed by atoms with Crippen molar-refractivity contribution in [2.75, 3.05) is 0 Å². The van der Waals surface area contributed by atoms with Crippen LogP contribution in [0.4, 0.5) is 4.39 Å². The number of aromatic nitrogens is 1. The Morgan fingerprint density at radius 1 is 1.14 bits per heavy atom. The molecule has 9 heteroatoms. The van der Waals surface area contributed by atoms with Gasteiger partial charge in [0.15, 0.2) is 0 Å². The molecule has 1 fully saturated rings. The molecule has 0 radical (unpaired) electrons. The summed E-state index contributed by atoms with van der Waals surface area (Å²) in [7, 11) is -3.64. The number of amides is 1. The molecule has 2 N–H and O–H groups in total. The van der Waals surface area contributed by atoms with Gasteiger partial charge in [0, 0.05) is 18.2 Å². The molecule has 1 aliphatic carbocycles. The second kappa shape index (κ2) is 9.32. The van der Waals surface area contributed by atoms with Crippen molar-refractivity contribution in [1.82, 2.24) is 15.0 Å². The zero-order valence-electron chi connectivity index (χ0n) is 15.9. The smallest absolute Gasteiger partial charge is 0.242 e. The molecule has 6 nitrogen and oxygen atoms in total. The topological polar surface area (TPSA) is 88.2 Å². The van der Waals surface area contributed by atoms with Gasteiger partial charge in [-0.15, -0.1) is 0 Å². The summed E-state index contributed by atoms with van der Waals surface area (Å²) in [4.78, 5) is 16.6. The van der Waals surface area contributed by atoms with Crippen LogP contribution in [-0.2, 0) is 14.8 Å². The SMILES string of the molecule is C[C@@H](NC(=O)C1CCC(NS(=O)(=O)c2ccc(Br)nc2)CC1)c1ccc(F)cc1. The fourth-order valence-electron chi connectivity index (χ4n) is 3.45. The summed E-state index contributed by atoms with van der Waals surface area (Å²) in [5.41, 5.74) is 0.837. The molecule has 0 bridgehead atoms. The number of pyridine rings is 1. The van der Waals surface area contributed by atoms with E-state index >= 15 is 0 Å². The molecule has 29 heavy (non-hydrogen) atoms. The second-order valence-corrected chi connectivity index (χ2v) is 9.79. The predicted octanol–water partition coefficient (Wildman–Crippen LogP) is 3.70. The number of halogens is 2. The number of nitrogens with one attached hydrogen (secondary N) is 2. The highest BCUT2D eigenvalue weighted by Gasteiger charge is 2.29. The predicted molar refractivity (Wildman–Crippen MR) is 111 cm³/mol. The summed E-state index contributed by atoms with van der Waals surface area (Å²) in [5.74, 6) is -0.528. The highest BCUT2D eigenvalue weighted by molar-refractivity contribution is 9.10. The quantitative estimate of drug-likeness (QED) is 0.613. The Labute approximate surface area is 178 Å². The van der Waals surface area contributed by atoms with Crippen molar-refractivity contribution >= 4 is 31.9 Å². The molecule has 3 rings (SSSR count). The van der Waals surface area contributed by atoms with Crippen molar-refractivity contribution in [3.63, 3.8) is 0 Å². The number of nitrogens with zero attached hydrogens (tertiary/aromatic N) is 1. The lowest BCUT2D eigenvalue weighted by Crippen LogP contribution is -2.41. The van der Waals surface area contributed by atoms with Gasteiger partial charge in [-0.05, 0) is 78.4 Å². The molecule has 1 atom stereocenters. The highest BCUT2D eigenvalue weighted by atomic mass is 79.9. The highest BCUT2D eigenvalue weighted by Crippen LogP contribution is 2.27. The van der Waals surface area contributed by atoms with Crippen molar-refractivity contribution in [3.05, 3.63) is 58.6 Å². The summed E-state index contributed by atoms with van der Waals surface area (Å²) in [6, 6.07) is 8.71. The van der Waals surface area contributed by atoms with Gasteiger partial charge in [0.25, 0.3) is 0 Å². The van der Waals surface area contributed by atoms with Crippen LogP contribution < -0.4 is 10.0 Å². The standard InChI is InChI=1S/C20H23BrFN3O3S/c1-13(14-2-6-16(22)7-3-14)24-20(26)15-4-8-17(9-5-15)25-29(27,28)18-10-11-19(21)23-12-18/h2-3,6-7,10-13,15,17,25H,4-5,8-9H2,1H3,(H,24,26)/t13-,15?,17?/m1/s1. The summed E-state index contributed by atoms with van der Waals surface area (Å²) in [6.07, 6.45) is 3.70. The van der Waals surface area contributed by atoms with Crippen LogP contribution >= 0.6 is 15.9 Å². The number of hydrogen-bond donors (Lipinski definition) is 2. The zero-order chi connectivity index (χ0) is 21.0. The number of hydrogen-bond acceptors (Lipinski definition) is 4. The molecule has 0 saturated heterocycles. The Morgan fingerprint density at radius 3 is 2.38 bits per heavy atom. The first-order valence-electron chi connectivity index (χ1n) is 9.44. The second-order valence-electron chi connectivity index (χ2n) is 7.27. The number of benzene rings is 1. The Bertz CT molecular complexity index is 944. The van der Waals surface area contributed by atoms with Crippen molar-refractivity contribution in [2.45, 2.75) is 49.6 Å². The Kier molecular flexibility index (Phi) is 7.02. The van der Waals surface area contributed by atoms with E-state index in [0.717, 1.165) is 5.56 Å². The van der Waals surface area contributed by atoms with Crippen LogP contribution in [0.25, 0.3) is 0 Å². The van der Waals surface area contributed by atoms with Crippen LogP contribution in [0.2, 0.25) is 0 Å². The molecule has 1 aromatic heterocycles. The molecule has 0 aliphatic heterocycles. The van der Waals surface area contributed by atoms with E-state index in [4.69, 9.17) is 0 Å². The third-order valence-corrected chi connectivity index (χ3v) is 7.13. The summed E-state index contributed by atoms with van der Waals surface area (Å²) >= 11 is 3.18. The van der Waals surface area contributed by atoms with Gasteiger partial charge in [0.05, 0.1) is 6.04 Å². The summed E-state index contributed by atoms with van der Waals surface area (Å²) in [5, 5.41) is 2.97. The molecule has 1 aromatic carbocycles. The molecule has 2 aromatic rings. The van der Waals surface area contributed by atoms with Gasteiger partial charge in [-0.2, -0.15) is 0 Å². The first-order chi connectivity index (χ1) is 13.7. The molecular weight excluding hydrogens is 461 g/mol. The minimum Gasteiger partial charge on any atom is -0.349 e. The average molecular weight is 484 g/mol. The van der Waals surface area contributed by atoms with E-state index in [1.54, 1.807) is 18.2 Å². The zero-order valence-corrected chi connectivity index (χ0v) is 18.3. The van der Waals surface area contributed by atoms with Crippen molar-refractivity contribution in [3.8, 4) is 0 Å². The lowest BCUT2D eigenvalue weighted by atomic mass is 9.85. The number of carbonyl (C=O) groups excluding carboxylic acids is 1. The van der Waals surface area contributed by atoms with Crippen LogP contribution in [-0.4, -0.2) is 25.4 Å². The van der Waals surface area contributed by atoms with Gasteiger partial charge in [-0.1, -0.05) is 12.1 Å². The minimum atomic E-state index is -3.64. The number of carbonyl (C=O) groups is 1. The maximum Gasteiger partial charge on any atom is 0.242 e. The van der Waals surface area contributed by atoms with Gasteiger partial charge in [-0.25, -0.2) is 22.5 Å². The van der Waals surface area contributed by atoms with Gasteiger partial charge in [-0.3, -0.25) is 4.79 Å². The monoisotopic (exact) mass is 483 g/mol. The van der Waals surface area contributed by atoms with Gasteiger partial charge in [0.1, 0.15) is 15.3 Å². The van der Waals surface area contributed by atoms with E-state index in [2.05, 4.69) is 31.0 Å². The average Bonchev–Trinajstić information content (AvgIpc) is 2.69. The minimum absolute atomic E-state index is 0.0553. The summed E-state index contributed by atoms with van der Waals surface area (Å²) < 4.78 is 41.3. The van der Waals surface area contributed by atoms with E-state index in [-0.39, 0.29) is 34.6 Å². The van der Waals surface area contributed by atoms with E-state index < -0.39 is 10.0 Å². The van der Waals surface area contributed by atoms with E-state index in [0.29, 0.717) is 30.3 Å². The maximum absolute atomic E-state index is 13.0. The molecule has 1 saturated carbocycles. The third-order valence-electron chi connectivity index (χ3n) is 5.16. The van der Waals surface area contributed by atoms with Crippen molar-refractivity contribution in [1.29, 1.82) is 0 Å². The van der Waals surface area contributed by atoms with Crippen LogP contribution in [0.5, 0.6) is 0 Å². The van der Waals surface area contributed by atoms with Crippen LogP contribution in [0, 0.1) is 11.7 Å². The Morgan fingerprint density at radius 2 is 1.79 bits per heavy atom. The molecule has 1 heterocycles. The van der Waals surface area contributed by atoms with Crippen molar-refractivity contribution in [2.24, 2.45) is 5.92 Å². The lowest BCUT2D eigenvalue weighted by molar-refractivity contribution is -0.126. The van der Waals surface area contributed by atoms with Gasteiger partial charge >= 0.3 is 0 Å². The fraction of sp³-hybridized carbons (Fsp3) is 0.400. The Balaban J connectivity index is 1.51. The molecular formula is C20H23BrFN3O3S. The summed E-state index contributed by atoms with van der Waals surface area (Å²) in [6.45, 7) is 1.86. The number of sulfonamides is 1. The first-order valence-corrected chi connectivity index (χ1v) is 11.7. The first kappa shape index (κ1) is 21.9. The fourth-order valence-corrected chi connectivity index (χ4v) is 4.93. The largest absolute Gasteiger partial charge is 0.349 e. The lowest BCUT2D eigenvalue weighted by Gasteiger charge is -2.29. The maximum atomic E-state index is 13.0. The third kappa shape index (κ3) is 5.83.